The predicted molar refractivity (Wildman–Crippen MR) is 47.0 cm³/mol. The van der Waals surface area contributed by atoms with Crippen LogP contribution >= 0.6 is 12.4 Å². The molecule has 0 radical (unpaired) electrons. The molecule has 3 nitrogen and oxygen atoms in total. The molecule has 0 bridgehead atoms. The summed E-state index contributed by atoms with van der Waals surface area (Å²) in [5, 5.41) is 2.86. The Morgan fingerprint density at radius 1 is 1.55 bits per heavy atom. The van der Waals surface area contributed by atoms with Crippen molar-refractivity contribution < 1.29 is 9.53 Å². The summed E-state index contributed by atoms with van der Waals surface area (Å²) >= 11 is 0. The van der Waals surface area contributed by atoms with Crippen LogP contribution in [0.15, 0.2) is 0 Å². The Balaban J connectivity index is 0. The van der Waals surface area contributed by atoms with Gasteiger partial charge in [-0.1, -0.05) is 6.92 Å². The topological polar surface area (TPSA) is 38.3 Å². The number of likely N-dealkylation sites (N-methyl/N-ethyl adjacent to an activating group) is 1. The van der Waals surface area contributed by atoms with Crippen LogP contribution in [-0.2, 0) is 9.53 Å². The zero-order chi connectivity index (χ0) is 7.98. The van der Waals surface area contributed by atoms with E-state index in [1.807, 2.05) is 6.92 Å². The maximum Gasteiger partial charge on any atom is 0.323 e. The molecule has 1 atom stereocenters. The van der Waals surface area contributed by atoms with Gasteiger partial charge in [-0.3, -0.25) is 4.79 Å². The molecule has 0 rings (SSSR count). The van der Waals surface area contributed by atoms with E-state index in [9.17, 15) is 4.79 Å². The first-order valence-corrected chi connectivity index (χ1v) is 3.60. The van der Waals surface area contributed by atoms with Gasteiger partial charge in [-0.25, -0.2) is 0 Å². The van der Waals surface area contributed by atoms with E-state index in [4.69, 9.17) is 4.74 Å². The summed E-state index contributed by atoms with van der Waals surface area (Å²) in [6.07, 6.45) is 0.773. The second-order valence-electron chi connectivity index (χ2n) is 2.00. The smallest absolute Gasteiger partial charge is 0.323 e. The first-order chi connectivity index (χ1) is 4.76. The van der Waals surface area contributed by atoms with Gasteiger partial charge in [-0.2, -0.15) is 0 Å². The molecular weight excluding hydrogens is 166 g/mol. The molecule has 0 aliphatic carbocycles. The second kappa shape index (κ2) is 7.82. The Morgan fingerprint density at radius 2 is 2.09 bits per heavy atom. The van der Waals surface area contributed by atoms with Gasteiger partial charge in [0.15, 0.2) is 0 Å². The monoisotopic (exact) mass is 181 g/mol. The minimum absolute atomic E-state index is 0. The van der Waals surface area contributed by atoms with Crippen LogP contribution in [0.25, 0.3) is 0 Å². The van der Waals surface area contributed by atoms with Crippen molar-refractivity contribution in [3.8, 4) is 0 Å². The summed E-state index contributed by atoms with van der Waals surface area (Å²) in [5.41, 5.74) is 0. The van der Waals surface area contributed by atoms with Crippen molar-refractivity contribution in [3.05, 3.63) is 0 Å². The summed E-state index contributed by atoms with van der Waals surface area (Å²) in [7, 11) is 1.76. The molecule has 0 fully saturated rings. The Kier molecular flexibility index (Phi) is 9.47. The third-order valence-corrected chi connectivity index (χ3v) is 1.33. The Morgan fingerprint density at radius 3 is 2.36 bits per heavy atom. The Hall–Kier alpha value is -0.280. The molecule has 0 saturated carbocycles. The van der Waals surface area contributed by atoms with Gasteiger partial charge in [0, 0.05) is 0 Å². The SMILES string of the molecule is CCOC(=O)C(CC)NC.Cl. The summed E-state index contributed by atoms with van der Waals surface area (Å²) < 4.78 is 4.78. The van der Waals surface area contributed by atoms with E-state index in [0.717, 1.165) is 6.42 Å². The molecule has 68 valence electrons. The van der Waals surface area contributed by atoms with Crippen LogP contribution < -0.4 is 5.32 Å². The van der Waals surface area contributed by atoms with Crippen LogP contribution in [0.2, 0.25) is 0 Å². The van der Waals surface area contributed by atoms with Gasteiger partial charge in [-0.15, -0.1) is 12.4 Å². The lowest BCUT2D eigenvalue weighted by Gasteiger charge is -2.11. The van der Waals surface area contributed by atoms with Crippen molar-refractivity contribution >= 4 is 18.4 Å². The highest BCUT2D eigenvalue weighted by Gasteiger charge is 2.13. The number of rotatable bonds is 4. The van der Waals surface area contributed by atoms with Crippen molar-refractivity contribution in [2.45, 2.75) is 26.3 Å². The van der Waals surface area contributed by atoms with Crippen molar-refractivity contribution in [1.29, 1.82) is 0 Å². The van der Waals surface area contributed by atoms with Gasteiger partial charge in [0.2, 0.25) is 0 Å². The fourth-order valence-corrected chi connectivity index (χ4v) is 0.731. The molecule has 11 heavy (non-hydrogen) atoms. The number of halogens is 1. The minimum Gasteiger partial charge on any atom is -0.465 e. The summed E-state index contributed by atoms with van der Waals surface area (Å²) in [6, 6.07) is -0.139. The molecule has 0 saturated heterocycles. The molecule has 0 aliphatic rings. The van der Waals surface area contributed by atoms with Crippen LogP contribution in [0.3, 0.4) is 0 Å². The number of nitrogens with one attached hydrogen (secondary N) is 1. The van der Waals surface area contributed by atoms with Crippen LogP contribution in [0.1, 0.15) is 20.3 Å². The third kappa shape index (κ3) is 5.04. The summed E-state index contributed by atoms with van der Waals surface area (Å²) in [4.78, 5) is 10.9. The largest absolute Gasteiger partial charge is 0.465 e. The average molecular weight is 182 g/mol. The predicted octanol–water partition coefficient (Wildman–Crippen LogP) is 0.969. The van der Waals surface area contributed by atoms with E-state index >= 15 is 0 Å². The zero-order valence-electron chi connectivity index (χ0n) is 7.22. The van der Waals surface area contributed by atoms with Crippen LogP contribution in [0.5, 0.6) is 0 Å². The van der Waals surface area contributed by atoms with Crippen molar-refractivity contribution in [1.82, 2.24) is 5.32 Å². The standard InChI is InChI=1S/C7H15NO2.ClH/c1-4-6(8-3)7(9)10-5-2;/h6,8H,4-5H2,1-3H3;1H. The van der Waals surface area contributed by atoms with Gasteiger partial charge in [0.05, 0.1) is 6.61 Å². The number of esters is 1. The van der Waals surface area contributed by atoms with Gasteiger partial charge in [-0.05, 0) is 20.4 Å². The lowest BCUT2D eigenvalue weighted by atomic mass is 10.2. The van der Waals surface area contributed by atoms with Crippen LogP contribution in [-0.4, -0.2) is 25.7 Å². The van der Waals surface area contributed by atoms with E-state index in [1.165, 1.54) is 0 Å². The second-order valence-corrected chi connectivity index (χ2v) is 2.00. The van der Waals surface area contributed by atoms with Gasteiger partial charge < -0.3 is 10.1 Å². The first kappa shape index (κ1) is 13.3. The van der Waals surface area contributed by atoms with Crippen LogP contribution in [0, 0.1) is 0 Å². The molecule has 0 aliphatic heterocycles. The highest BCUT2D eigenvalue weighted by molar-refractivity contribution is 5.85. The van der Waals surface area contributed by atoms with E-state index in [0.29, 0.717) is 6.61 Å². The highest BCUT2D eigenvalue weighted by Crippen LogP contribution is 1.92. The number of carbonyl (C=O) groups is 1. The molecule has 0 aromatic carbocycles. The van der Waals surface area contributed by atoms with Gasteiger partial charge in [0.25, 0.3) is 0 Å². The number of carbonyl (C=O) groups excluding carboxylic acids is 1. The van der Waals surface area contributed by atoms with Gasteiger partial charge >= 0.3 is 5.97 Å². The number of ether oxygens (including phenoxy) is 1. The maximum atomic E-state index is 10.9. The lowest BCUT2D eigenvalue weighted by Crippen LogP contribution is -2.34. The minimum atomic E-state index is -0.160. The molecule has 0 aromatic rings. The maximum absolute atomic E-state index is 10.9. The van der Waals surface area contributed by atoms with E-state index in [2.05, 4.69) is 5.32 Å². The molecule has 0 heterocycles. The van der Waals surface area contributed by atoms with Crippen molar-refractivity contribution in [3.63, 3.8) is 0 Å². The van der Waals surface area contributed by atoms with Crippen LogP contribution in [0.4, 0.5) is 0 Å². The molecule has 1 N–H and O–H groups in total. The summed E-state index contributed by atoms with van der Waals surface area (Å²) in [5.74, 6) is -0.160. The lowest BCUT2D eigenvalue weighted by molar-refractivity contribution is -0.145. The Bertz CT molecular complexity index is 105. The molecule has 4 heteroatoms. The first-order valence-electron chi connectivity index (χ1n) is 3.60. The average Bonchev–Trinajstić information content (AvgIpc) is 1.91. The van der Waals surface area contributed by atoms with Crippen molar-refractivity contribution in [2.75, 3.05) is 13.7 Å². The fraction of sp³-hybridized carbons (Fsp3) is 0.857. The van der Waals surface area contributed by atoms with Gasteiger partial charge in [0.1, 0.15) is 6.04 Å². The molecule has 0 spiro atoms. The Labute approximate surface area is 73.9 Å². The molecular formula is C7H16ClNO2. The normalized spacial score (nSPS) is 11.5. The number of hydrogen-bond acceptors (Lipinski definition) is 3. The van der Waals surface area contributed by atoms with E-state index < -0.39 is 0 Å². The quantitative estimate of drug-likeness (QED) is 0.657. The molecule has 1 unspecified atom stereocenters. The van der Waals surface area contributed by atoms with E-state index in [-0.39, 0.29) is 24.4 Å². The molecule has 0 aromatic heterocycles. The van der Waals surface area contributed by atoms with Crippen molar-refractivity contribution in [2.24, 2.45) is 0 Å². The zero-order valence-corrected chi connectivity index (χ0v) is 8.03. The third-order valence-electron chi connectivity index (χ3n) is 1.33. The van der Waals surface area contributed by atoms with E-state index in [1.54, 1.807) is 14.0 Å². The summed E-state index contributed by atoms with van der Waals surface area (Å²) in [6.45, 7) is 4.20. The fourth-order valence-electron chi connectivity index (χ4n) is 0.731. The highest BCUT2D eigenvalue weighted by atomic mass is 35.5. The molecule has 0 amide bonds. The number of hydrogen-bond donors (Lipinski definition) is 1.